The van der Waals surface area contributed by atoms with Crippen LogP contribution >= 0.6 is 11.8 Å². The van der Waals surface area contributed by atoms with Crippen LogP contribution in [0.1, 0.15) is 28.4 Å². The largest absolute Gasteiger partial charge is 0.348 e. The predicted octanol–water partition coefficient (Wildman–Crippen LogP) is 2.38. The van der Waals surface area contributed by atoms with Crippen molar-refractivity contribution in [2.75, 3.05) is 19.3 Å². The summed E-state index contributed by atoms with van der Waals surface area (Å²) in [6, 6.07) is 8.65. The van der Waals surface area contributed by atoms with E-state index in [0.717, 1.165) is 26.1 Å². The molecule has 0 radical (unpaired) electrons. The van der Waals surface area contributed by atoms with Gasteiger partial charge in [-0.3, -0.25) is 9.69 Å². The molecule has 1 aliphatic heterocycles. The van der Waals surface area contributed by atoms with Crippen molar-refractivity contribution in [3.63, 3.8) is 0 Å². The van der Waals surface area contributed by atoms with Crippen LogP contribution < -0.4 is 5.32 Å². The molecule has 2 aromatic rings. The van der Waals surface area contributed by atoms with E-state index in [1.165, 1.54) is 22.9 Å². The van der Waals surface area contributed by atoms with Crippen molar-refractivity contribution in [2.45, 2.75) is 31.1 Å². The Morgan fingerprint density at radius 2 is 2.00 bits per heavy atom. The number of benzene rings is 1. The summed E-state index contributed by atoms with van der Waals surface area (Å²) >= 11 is 1.46. The average molecular weight is 342 g/mol. The first kappa shape index (κ1) is 16.9. The third-order valence-electron chi connectivity index (χ3n) is 4.19. The molecule has 6 heteroatoms. The van der Waals surface area contributed by atoms with Gasteiger partial charge < -0.3 is 5.32 Å². The topological polar surface area (TPSA) is 58.1 Å². The van der Waals surface area contributed by atoms with Crippen LogP contribution in [0.2, 0.25) is 0 Å². The molecule has 0 aliphatic carbocycles. The normalized spacial score (nSPS) is 15.6. The van der Waals surface area contributed by atoms with Crippen LogP contribution in [0.5, 0.6) is 0 Å². The van der Waals surface area contributed by atoms with E-state index in [1.807, 2.05) is 13.2 Å². The van der Waals surface area contributed by atoms with Crippen LogP contribution in [0.4, 0.5) is 0 Å². The second-order valence-electron chi connectivity index (χ2n) is 6.09. The van der Waals surface area contributed by atoms with Crippen molar-refractivity contribution in [2.24, 2.45) is 0 Å². The number of hydrogen-bond acceptors (Lipinski definition) is 5. The summed E-state index contributed by atoms with van der Waals surface area (Å²) in [5, 5.41) is 3.71. The molecule has 0 saturated carbocycles. The lowest BCUT2D eigenvalue weighted by Gasteiger charge is -2.31. The monoisotopic (exact) mass is 342 g/mol. The minimum absolute atomic E-state index is 0.0722. The number of rotatable bonds is 5. The first-order chi connectivity index (χ1) is 11.7. The highest BCUT2D eigenvalue weighted by Crippen LogP contribution is 2.18. The second-order valence-corrected chi connectivity index (χ2v) is 6.86. The fourth-order valence-corrected chi connectivity index (χ4v) is 3.31. The van der Waals surface area contributed by atoms with E-state index >= 15 is 0 Å². The summed E-state index contributed by atoms with van der Waals surface area (Å²) in [7, 11) is 0. The Hall–Kier alpha value is -1.92. The average Bonchev–Trinajstić information content (AvgIpc) is 2.61. The Labute approximate surface area is 146 Å². The molecular weight excluding hydrogens is 320 g/mol. The molecule has 1 atom stereocenters. The molecule has 0 unspecified atom stereocenters. The van der Waals surface area contributed by atoms with Gasteiger partial charge in [0.15, 0.2) is 5.16 Å². The summed E-state index contributed by atoms with van der Waals surface area (Å²) in [6.07, 6.45) is 6.14. The quantitative estimate of drug-likeness (QED) is 0.668. The fraction of sp³-hybridized carbons (Fsp3) is 0.389. The van der Waals surface area contributed by atoms with Gasteiger partial charge in [-0.15, -0.1) is 0 Å². The van der Waals surface area contributed by atoms with Crippen LogP contribution in [0.15, 0.2) is 41.8 Å². The van der Waals surface area contributed by atoms with E-state index in [4.69, 9.17) is 0 Å². The standard InChI is InChI=1S/C18H22N4OS/c1-13(21-17(23)16-9-19-18(24-2)20-10-16)11-22-8-7-14-5-3-4-6-15(14)12-22/h3-6,9-10,13H,7-8,11-12H2,1-2H3,(H,21,23)/t13-/m1/s1. The molecule has 0 spiro atoms. The molecule has 1 aromatic heterocycles. The number of hydrogen-bond donors (Lipinski definition) is 1. The van der Waals surface area contributed by atoms with Crippen LogP contribution in [-0.4, -0.2) is 46.2 Å². The molecule has 5 nitrogen and oxygen atoms in total. The summed E-state index contributed by atoms with van der Waals surface area (Å²) in [6.45, 7) is 4.85. The predicted molar refractivity (Wildman–Crippen MR) is 96.2 cm³/mol. The van der Waals surface area contributed by atoms with Gasteiger partial charge in [-0.25, -0.2) is 9.97 Å². The Balaban J connectivity index is 1.54. The third kappa shape index (κ3) is 4.13. The Kier molecular flexibility index (Phi) is 5.48. The van der Waals surface area contributed by atoms with Gasteiger partial charge in [-0.2, -0.15) is 0 Å². The first-order valence-electron chi connectivity index (χ1n) is 8.11. The number of fused-ring (bicyclic) bond motifs is 1. The SMILES string of the molecule is CSc1ncc(C(=O)N[C@H](C)CN2CCc3ccccc3C2)cn1. The Morgan fingerprint density at radius 3 is 2.71 bits per heavy atom. The number of nitrogens with one attached hydrogen (secondary N) is 1. The Morgan fingerprint density at radius 1 is 1.29 bits per heavy atom. The summed E-state index contributed by atoms with van der Waals surface area (Å²) in [5.41, 5.74) is 3.34. The molecule has 0 saturated heterocycles. The van der Waals surface area contributed by atoms with Crippen molar-refractivity contribution in [3.05, 3.63) is 53.3 Å². The number of carbonyl (C=O) groups excluding carboxylic acids is 1. The number of aromatic nitrogens is 2. The van der Waals surface area contributed by atoms with Gasteiger partial charge in [0.25, 0.3) is 5.91 Å². The van der Waals surface area contributed by atoms with Gasteiger partial charge in [-0.1, -0.05) is 36.0 Å². The lowest BCUT2D eigenvalue weighted by atomic mass is 10.00. The van der Waals surface area contributed by atoms with E-state index in [9.17, 15) is 4.79 Å². The highest BCUT2D eigenvalue weighted by molar-refractivity contribution is 7.98. The third-order valence-corrected chi connectivity index (χ3v) is 4.77. The van der Waals surface area contributed by atoms with Gasteiger partial charge in [0.1, 0.15) is 0 Å². The molecule has 1 aliphatic rings. The van der Waals surface area contributed by atoms with E-state index < -0.39 is 0 Å². The molecule has 1 aromatic carbocycles. The molecule has 1 amide bonds. The lowest BCUT2D eigenvalue weighted by Crippen LogP contribution is -2.43. The number of carbonyl (C=O) groups is 1. The summed E-state index contributed by atoms with van der Waals surface area (Å²) in [4.78, 5) is 23.0. The number of thioether (sulfide) groups is 1. The minimum Gasteiger partial charge on any atom is -0.348 e. The van der Waals surface area contributed by atoms with Gasteiger partial charge in [0, 0.05) is 38.1 Å². The van der Waals surface area contributed by atoms with Crippen molar-refractivity contribution < 1.29 is 4.79 Å². The van der Waals surface area contributed by atoms with E-state index in [1.54, 1.807) is 12.4 Å². The zero-order chi connectivity index (χ0) is 16.9. The van der Waals surface area contributed by atoms with Crippen LogP contribution in [0.3, 0.4) is 0 Å². The smallest absolute Gasteiger partial charge is 0.254 e. The van der Waals surface area contributed by atoms with Gasteiger partial charge >= 0.3 is 0 Å². The highest BCUT2D eigenvalue weighted by atomic mass is 32.2. The molecule has 2 heterocycles. The van der Waals surface area contributed by atoms with Gasteiger partial charge in [-0.05, 0) is 30.7 Å². The van der Waals surface area contributed by atoms with Crippen molar-refractivity contribution >= 4 is 17.7 Å². The van der Waals surface area contributed by atoms with E-state index in [2.05, 4.69) is 44.5 Å². The maximum Gasteiger partial charge on any atom is 0.254 e. The number of amides is 1. The highest BCUT2D eigenvalue weighted by Gasteiger charge is 2.19. The van der Waals surface area contributed by atoms with E-state index in [-0.39, 0.29) is 11.9 Å². The van der Waals surface area contributed by atoms with Crippen LogP contribution in [-0.2, 0) is 13.0 Å². The summed E-state index contributed by atoms with van der Waals surface area (Å²) < 4.78 is 0. The molecule has 24 heavy (non-hydrogen) atoms. The second kappa shape index (κ2) is 7.77. The van der Waals surface area contributed by atoms with Crippen LogP contribution in [0.25, 0.3) is 0 Å². The van der Waals surface area contributed by atoms with Gasteiger partial charge in [0.2, 0.25) is 0 Å². The Bertz CT molecular complexity index is 704. The minimum atomic E-state index is -0.118. The first-order valence-corrected chi connectivity index (χ1v) is 9.34. The molecule has 126 valence electrons. The molecule has 3 rings (SSSR count). The zero-order valence-electron chi connectivity index (χ0n) is 14.0. The molecule has 0 fully saturated rings. The van der Waals surface area contributed by atoms with E-state index in [0.29, 0.717) is 10.7 Å². The van der Waals surface area contributed by atoms with Crippen molar-refractivity contribution in [3.8, 4) is 0 Å². The maximum atomic E-state index is 12.3. The van der Waals surface area contributed by atoms with Crippen molar-refractivity contribution in [1.82, 2.24) is 20.2 Å². The van der Waals surface area contributed by atoms with Crippen molar-refractivity contribution in [1.29, 1.82) is 0 Å². The van der Waals surface area contributed by atoms with Crippen LogP contribution in [0, 0.1) is 0 Å². The lowest BCUT2D eigenvalue weighted by molar-refractivity contribution is 0.0926. The fourth-order valence-electron chi connectivity index (χ4n) is 2.99. The summed E-state index contributed by atoms with van der Waals surface area (Å²) in [5.74, 6) is -0.118. The van der Waals surface area contributed by atoms with Gasteiger partial charge in [0.05, 0.1) is 5.56 Å². The molecular formula is C18H22N4OS. The maximum absolute atomic E-state index is 12.3. The molecule has 1 N–H and O–H groups in total. The number of nitrogens with zero attached hydrogens (tertiary/aromatic N) is 3. The molecule has 0 bridgehead atoms. The zero-order valence-corrected chi connectivity index (χ0v) is 14.8.